The van der Waals surface area contributed by atoms with Crippen molar-refractivity contribution in [3.8, 4) is 45.0 Å². The first-order valence-electron chi connectivity index (χ1n) is 18.5. The maximum Gasteiger partial charge on any atom is 0.0743 e. The lowest BCUT2D eigenvalue weighted by molar-refractivity contribution is 1.14. The van der Waals surface area contributed by atoms with Crippen LogP contribution in [0.1, 0.15) is 0 Å². The average molecular weight is 688 g/mol. The molecule has 3 heterocycles. The van der Waals surface area contributed by atoms with Crippen LogP contribution in [0.2, 0.25) is 0 Å². The summed E-state index contributed by atoms with van der Waals surface area (Å²) in [4.78, 5) is 5.49. The lowest BCUT2D eigenvalue weighted by atomic mass is 9.94. The molecule has 3 heteroatoms. The molecule has 3 aromatic heterocycles. The second-order valence-corrected chi connectivity index (χ2v) is 14.0. The van der Waals surface area contributed by atoms with Crippen molar-refractivity contribution in [3.63, 3.8) is 0 Å². The Morgan fingerprint density at radius 3 is 1.41 bits per heavy atom. The Morgan fingerprint density at radius 2 is 0.778 bits per heavy atom. The van der Waals surface area contributed by atoms with Crippen molar-refractivity contribution >= 4 is 54.4 Å². The fourth-order valence-corrected chi connectivity index (χ4v) is 8.48. The third-order valence-corrected chi connectivity index (χ3v) is 10.9. The van der Waals surface area contributed by atoms with Crippen molar-refractivity contribution in [1.29, 1.82) is 0 Å². The molecule has 3 nitrogen and oxygen atoms in total. The van der Waals surface area contributed by atoms with Crippen molar-refractivity contribution in [2.24, 2.45) is 0 Å². The van der Waals surface area contributed by atoms with Crippen LogP contribution in [0.15, 0.2) is 200 Å². The summed E-state index contributed by atoms with van der Waals surface area (Å²) in [6.07, 6.45) is 0. The fourth-order valence-electron chi connectivity index (χ4n) is 8.48. The highest BCUT2D eigenvalue weighted by Gasteiger charge is 2.22. The lowest BCUT2D eigenvalue weighted by Crippen LogP contribution is -1.99. The number of pyridine rings is 1. The van der Waals surface area contributed by atoms with Gasteiger partial charge in [-0.3, -0.25) is 0 Å². The van der Waals surface area contributed by atoms with Gasteiger partial charge in [-0.15, -0.1) is 0 Å². The number of rotatable bonds is 5. The first-order chi connectivity index (χ1) is 26.8. The second kappa shape index (κ2) is 12.2. The summed E-state index contributed by atoms with van der Waals surface area (Å²) in [6, 6.07) is 72.0. The molecule has 0 aliphatic rings. The van der Waals surface area contributed by atoms with E-state index in [1.165, 1.54) is 43.4 Å². The van der Waals surface area contributed by atoms with E-state index >= 15 is 0 Å². The quantitative estimate of drug-likeness (QED) is 0.177. The van der Waals surface area contributed by atoms with E-state index in [2.05, 4.69) is 209 Å². The van der Waals surface area contributed by atoms with Crippen LogP contribution in [0, 0.1) is 0 Å². The molecule has 0 N–H and O–H groups in total. The van der Waals surface area contributed by atoms with Gasteiger partial charge in [0.05, 0.1) is 33.5 Å². The topological polar surface area (TPSA) is 22.8 Å². The zero-order valence-corrected chi connectivity index (χ0v) is 29.4. The molecule has 252 valence electrons. The minimum absolute atomic E-state index is 0.947. The molecule has 0 radical (unpaired) electrons. The third-order valence-electron chi connectivity index (χ3n) is 10.9. The Morgan fingerprint density at radius 1 is 0.315 bits per heavy atom. The van der Waals surface area contributed by atoms with Crippen LogP contribution in [0.25, 0.3) is 99.4 Å². The Kier molecular flexibility index (Phi) is 6.86. The molecule has 0 saturated heterocycles. The van der Waals surface area contributed by atoms with E-state index in [1.54, 1.807) is 0 Å². The van der Waals surface area contributed by atoms with E-state index < -0.39 is 0 Å². The highest BCUT2D eigenvalue weighted by atomic mass is 15.0. The van der Waals surface area contributed by atoms with E-state index in [9.17, 15) is 0 Å². The first-order valence-corrected chi connectivity index (χ1v) is 18.5. The van der Waals surface area contributed by atoms with Crippen LogP contribution in [0.4, 0.5) is 0 Å². The molecule has 0 spiro atoms. The van der Waals surface area contributed by atoms with Crippen molar-refractivity contribution in [2.45, 2.75) is 0 Å². The van der Waals surface area contributed by atoms with Crippen LogP contribution < -0.4 is 0 Å². The largest absolute Gasteiger partial charge is 0.309 e. The van der Waals surface area contributed by atoms with Crippen LogP contribution in [-0.4, -0.2) is 14.1 Å². The van der Waals surface area contributed by atoms with Gasteiger partial charge >= 0.3 is 0 Å². The number of benzene rings is 8. The van der Waals surface area contributed by atoms with E-state index in [0.29, 0.717) is 0 Å². The SMILES string of the molecule is c1ccc(-c2cc(-c3ccccc3)nc(-c3c4ccccc4cc4c5ccccc5n(-c5ccc(-n6c7ccccc7c7ccccc76)cc5)c34)c2)cc1. The molecule has 0 unspecified atom stereocenters. The molecule has 0 atom stereocenters. The molecular weight excluding hydrogens is 655 g/mol. The summed E-state index contributed by atoms with van der Waals surface area (Å²) in [7, 11) is 0. The Bertz CT molecular complexity index is 3080. The zero-order valence-electron chi connectivity index (χ0n) is 29.4. The molecule has 8 aromatic carbocycles. The van der Waals surface area contributed by atoms with Gasteiger partial charge in [-0.1, -0.05) is 140 Å². The number of hydrogen-bond acceptors (Lipinski definition) is 1. The maximum absolute atomic E-state index is 5.49. The average Bonchev–Trinajstić information content (AvgIpc) is 3.76. The number of fused-ring (bicyclic) bond motifs is 7. The van der Waals surface area contributed by atoms with Gasteiger partial charge in [0.1, 0.15) is 0 Å². The van der Waals surface area contributed by atoms with Crippen LogP contribution in [0.3, 0.4) is 0 Å². The lowest BCUT2D eigenvalue weighted by Gasteiger charge is -2.17. The number of para-hydroxylation sites is 3. The molecule has 0 saturated carbocycles. The molecule has 54 heavy (non-hydrogen) atoms. The van der Waals surface area contributed by atoms with Gasteiger partial charge < -0.3 is 9.13 Å². The molecule has 11 rings (SSSR count). The van der Waals surface area contributed by atoms with Crippen LogP contribution in [-0.2, 0) is 0 Å². The predicted molar refractivity (Wildman–Crippen MR) is 227 cm³/mol. The van der Waals surface area contributed by atoms with E-state index in [-0.39, 0.29) is 0 Å². The Hall–Kier alpha value is -7.23. The van der Waals surface area contributed by atoms with Crippen molar-refractivity contribution in [1.82, 2.24) is 14.1 Å². The summed E-state index contributed by atoms with van der Waals surface area (Å²) in [5.74, 6) is 0. The fraction of sp³-hybridized carbons (Fsp3) is 0. The Balaban J connectivity index is 1.21. The second-order valence-electron chi connectivity index (χ2n) is 14.0. The predicted octanol–water partition coefficient (Wildman–Crippen LogP) is 13.4. The summed E-state index contributed by atoms with van der Waals surface area (Å²) in [5, 5.41) is 7.31. The van der Waals surface area contributed by atoms with E-state index in [0.717, 1.165) is 56.0 Å². The van der Waals surface area contributed by atoms with E-state index in [1.807, 2.05) is 0 Å². The third kappa shape index (κ3) is 4.72. The van der Waals surface area contributed by atoms with Gasteiger partial charge in [-0.05, 0) is 82.6 Å². The zero-order chi connectivity index (χ0) is 35.6. The van der Waals surface area contributed by atoms with Gasteiger partial charge in [0.25, 0.3) is 0 Å². The van der Waals surface area contributed by atoms with E-state index in [4.69, 9.17) is 4.98 Å². The molecule has 0 bridgehead atoms. The monoisotopic (exact) mass is 687 g/mol. The molecule has 11 aromatic rings. The summed E-state index contributed by atoms with van der Waals surface area (Å²) < 4.78 is 4.82. The smallest absolute Gasteiger partial charge is 0.0743 e. The number of aromatic nitrogens is 3. The van der Waals surface area contributed by atoms with Gasteiger partial charge in [0, 0.05) is 44.0 Å². The Labute approximate surface area is 312 Å². The summed E-state index contributed by atoms with van der Waals surface area (Å²) in [6.45, 7) is 0. The van der Waals surface area contributed by atoms with Gasteiger partial charge in [-0.25, -0.2) is 4.98 Å². The molecule has 0 amide bonds. The van der Waals surface area contributed by atoms with Crippen molar-refractivity contribution < 1.29 is 0 Å². The molecular formula is C51H33N3. The van der Waals surface area contributed by atoms with Gasteiger partial charge in [0.2, 0.25) is 0 Å². The number of nitrogens with zero attached hydrogens (tertiary/aromatic N) is 3. The summed E-state index contributed by atoms with van der Waals surface area (Å²) >= 11 is 0. The van der Waals surface area contributed by atoms with Gasteiger partial charge in [-0.2, -0.15) is 0 Å². The highest BCUT2D eigenvalue weighted by Crippen LogP contribution is 2.44. The van der Waals surface area contributed by atoms with Crippen LogP contribution in [0.5, 0.6) is 0 Å². The molecule has 0 aliphatic heterocycles. The molecule has 0 fully saturated rings. The normalized spacial score (nSPS) is 11.7. The maximum atomic E-state index is 5.49. The molecule has 0 aliphatic carbocycles. The first kappa shape index (κ1) is 30.4. The van der Waals surface area contributed by atoms with Crippen LogP contribution >= 0.6 is 0 Å². The summed E-state index contributed by atoms with van der Waals surface area (Å²) in [5.41, 5.74) is 13.4. The number of hydrogen-bond donors (Lipinski definition) is 0. The van der Waals surface area contributed by atoms with Crippen molar-refractivity contribution in [3.05, 3.63) is 200 Å². The standard InChI is InChI=1S/C51H33N3/c1-3-15-34(16-4-1)37-32-45(35-17-5-2-6-18-35)52-46(33-37)50-40-20-8-7-19-36(40)31-44-43-23-11-14-26-49(43)54(51(44)50)39-29-27-38(28-30-39)53-47-24-12-9-21-41(47)42-22-10-13-25-48(42)53/h1-33H. The highest BCUT2D eigenvalue weighted by molar-refractivity contribution is 6.21. The van der Waals surface area contributed by atoms with Gasteiger partial charge in [0.15, 0.2) is 0 Å². The minimum atomic E-state index is 0.947. The van der Waals surface area contributed by atoms with Crippen molar-refractivity contribution in [2.75, 3.05) is 0 Å². The minimum Gasteiger partial charge on any atom is -0.309 e.